The molecule has 1 aliphatic carbocycles. The highest BCUT2D eigenvalue weighted by Crippen LogP contribution is 2.29. The highest BCUT2D eigenvalue weighted by atomic mass is 19.4. The summed E-state index contributed by atoms with van der Waals surface area (Å²) in [7, 11) is 1.64. The third kappa shape index (κ3) is 7.57. The molecule has 17 heavy (non-hydrogen) atoms. The first-order valence-electron chi connectivity index (χ1n) is 6.03. The van der Waals surface area contributed by atoms with E-state index < -0.39 is 12.7 Å². The van der Waals surface area contributed by atoms with E-state index in [0.717, 1.165) is 25.8 Å². The average molecular weight is 254 g/mol. The maximum atomic E-state index is 12.3. The van der Waals surface area contributed by atoms with E-state index in [-0.39, 0.29) is 6.04 Å². The lowest BCUT2D eigenvalue weighted by Crippen LogP contribution is -2.40. The second-order valence-corrected chi connectivity index (χ2v) is 4.41. The number of nitrogens with zero attached hydrogens (tertiary/aromatic N) is 1. The van der Waals surface area contributed by atoms with Crippen LogP contribution in [-0.4, -0.2) is 57.0 Å². The van der Waals surface area contributed by atoms with Crippen molar-refractivity contribution in [3.05, 3.63) is 0 Å². The molecule has 0 aromatic heterocycles. The van der Waals surface area contributed by atoms with Gasteiger partial charge in [-0.25, -0.2) is 0 Å². The van der Waals surface area contributed by atoms with Crippen molar-refractivity contribution in [2.24, 2.45) is 0 Å². The van der Waals surface area contributed by atoms with Crippen molar-refractivity contribution < 1.29 is 17.9 Å². The summed E-state index contributed by atoms with van der Waals surface area (Å²) in [6.45, 7) is 1.77. The van der Waals surface area contributed by atoms with Crippen LogP contribution in [0.5, 0.6) is 0 Å². The molecule has 0 aliphatic heterocycles. The van der Waals surface area contributed by atoms with Gasteiger partial charge in [0.25, 0.3) is 0 Å². The van der Waals surface area contributed by atoms with E-state index in [0.29, 0.717) is 19.7 Å². The molecule has 0 atom stereocenters. The SMILES string of the molecule is COCCCNCCN(CC(F)(F)F)C1CC1. The fourth-order valence-electron chi connectivity index (χ4n) is 1.75. The van der Waals surface area contributed by atoms with Crippen LogP contribution < -0.4 is 5.32 Å². The second kappa shape index (κ2) is 7.18. The van der Waals surface area contributed by atoms with Crippen molar-refractivity contribution in [1.29, 1.82) is 0 Å². The number of hydrogen-bond acceptors (Lipinski definition) is 3. The molecule has 0 amide bonds. The van der Waals surface area contributed by atoms with Gasteiger partial charge in [-0.3, -0.25) is 4.90 Å². The van der Waals surface area contributed by atoms with E-state index in [1.807, 2.05) is 0 Å². The summed E-state index contributed by atoms with van der Waals surface area (Å²) in [5.74, 6) is 0. The van der Waals surface area contributed by atoms with Crippen LogP contribution in [0.15, 0.2) is 0 Å². The summed E-state index contributed by atoms with van der Waals surface area (Å²) < 4.78 is 41.8. The van der Waals surface area contributed by atoms with Crippen LogP contribution in [-0.2, 0) is 4.74 Å². The molecule has 0 aromatic carbocycles. The zero-order valence-electron chi connectivity index (χ0n) is 10.2. The quantitative estimate of drug-likeness (QED) is 0.633. The van der Waals surface area contributed by atoms with Crippen LogP contribution in [0.25, 0.3) is 0 Å². The third-order valence-electron chi connectivity index (χ3n) is 2.72. The van der Waals surface area contributed by atoms with E-state index >= 15 is 0 Å². The molecule has 0 spiro atoms. The van der Waals surface area contributed by atoms with Crippen molar-refractivity contribution in [3.8, 4) is 0 Å². The van der Waals surface area contributed by atoms with Crippen LogP contribution in [0.3, 0.4) is 0 Å². The Morgan fingerprint density at radius 2 is 2.00 bits per heavy atom. The Hall–Kier alpha value is -0.330. The number of ether oxygens (including phenoxy) is 1. The van der Waals surface area contributed by atoms with E-state index in [1.54, 1.807) is 7.11 Å². The summed E-state index contributed by atoms with van der Waals surface area (Å²) in [6.07, 6.45) is -1.39. The molecule has 1 aliphatic rings. The molecule has 3 nitrogen and oxygen atoms in total. The normalized spacial score (nSPS) is 16.8. The summed E-state index contributed by atoms with van der Waals surface area (Å²) in [6, 6.07) is 0.150. The Morgan fingerprint density at radius 3 is 2.53 bits per heavy atom. The minimum Gasteiger partial charge on any atom is -0.385 e. The topological polar surface area (TPSA) is 24.5 Å². The first-order chi connectivity index (χ1) is 8.03. The molecule has 0 unspecified atom stereocenters. The van der Waals surface area contributed by atoms with Crippen molar-refractivity contribution >= 4 is 0 Å². The van der Waals surface area contributed by atoms with Crippen molar-refractivity contribution in [1.82, 2.24) is 10.2 Å². The van der Waals surface area contributed by atoms with E-state index in [2.05, 4.69) is 5.32 Å². The van der Waals surface area contributed by atoms with Gasteiger partial charge in [0.1, 0.15) is 0 Å². The van der Waals surface area contributed by atoms with Gasteiger partial charge in [0, 0.05) is 32.8 Å². The Labute approximate surface area is 100 Å². The lowest BCUT2D eigenvalue weighted by molar-refractivity contribution is -0.147. The Morgan fingerprint density at radius 1 is 1.29 bits per heavy atom. The maximum absolute atomic E-state index is 12.3. The number of halogens is 3. The molecule has 0 radical (unpaired) electrons. The molecule has 6 heteroatoms. The number of nitrogens with one attached hydrogen (secondary N) is 1. The van der Waals surface area contributed by atoms with Crippen molar-refractivity contribution in [2.75, 3.05) is 39.9 Å². The zero-order chi connectivity index (χ0) is 12.7. The van der Waals surface area contributed by atoms with Crippen LogP contribution >= 0.6 is 0 Å². The van der Waals surface area contributed by atoms with Crippen molar-refractivity contribution in [3.63, 3.8) is 0 Å². The Bertz CT molecular complexity index is 207. The van der Waals surface area contributed by atoms with Crippen LogP contribution in [0.4, 0.5) is 13.2 Å². The van der Waals surface area contributed by atoms with E-state index in [9.17, 15) is 13.2 Å². The summed E-state index contributed by atoms with van der Waals surface area (Å²) in [5.41, 5.74) is 0. The molecule has 1 N–H and O–H groups in total. The Balaban J connectivity index is 2.08. The molecular weight excluding hydrogens is 233 g/mol. The molecule has 0 saturated heterocycles. The molecule has 1 rings (SSSR count). The van der Waals surface area contributed by atoms with Gasteiger partial charge in [0.05, 0.1) is 6.54 Å². The fraction of sp³-hybridized carbons (Fsp3) is 1.00. The molecule has 0 heterocycles. The summed E-state index contributed by atoms with van der Waals surface area (Å²) >= 11 is 0. The number of alkyl halides is 3. The van der Waals surface area contributed by atoms with Crippen molar-refractivity contribution in [2.45, 2.75) is 31.5 Å². The van der Waals surface area contributed by atoms with Crippen LogP contribution in [0, 0.1) is 0 Å². The number of methoxy groups -OCH3 is 1. The van der Waals surface area contributed by atoms with Gasteiger partial charge in [-0.2, -0.15) is 13.2 Å². The van der Waals surface area contributed by atoms with Gasteiger partial charge in [-0.15, -0.1) is 0 Å². The lowest BCUT2D eigenvalue weighted by atomic mass is 10.4. The predicted molar refractivity (Wildman–Crippen MR) is 60.0 cm³/mol. The molecule has 1 saturated carbocycles. The predicted octanol–water partition coefficient (Wildman–Crippen LogP) is 1.64. The molecule has 0 aromatic rings. The number of rotatable bonds is 9. The minimum absolute atomic E-state index is 0.150. The monoisotopic (exact) mass is 254 g/mol. The first-order valence-corrected chi connectivity index (χ1v) is 6.03. The smallest absolute Gasteiger partial charge is 0.385 e. The molecule has 102 valence electrons. The lowest BCUT2D eigenvalue weighted by Gasteiger charge is -2.23. The summed E-state index contributed by atoms with van der Waals surface area (Å²) in [4.78, 5) is 1.53. The van der Waals surface area contributed by atoms with E-state index in [1.165, 1.54) is 4.90 Å². The van der Waals surface area contributed by atoms with Gasteiger partial charge in [-0.05, 0) is 25.8 Å². The van der Waals surface area contributed by atoms with Crippen LogP contribution in [0.1, 0.15) is 19.3 Å². The zero-order valence-corrected chi connectivity index (χ0v) is 10.2. The van der Waals surface area contributed by atoms with Crippen LogP contribution in [0.2, 0.25) is 0 Å². The maximum Gasteiger partial charge on any atom is 0.401 e. The first kappa shape index (κ1) is 14.7. The fourth-order valence-corrected chi connectivity index (χ4v) is 1.75. The minimum atomic E-state index is -4.08. The highest BCUT2D eigenvalue weighted by molar-refractivity contribution is 4.85. The second-order valence-electron chi connectivity index (χ2n) is 4.41. The standard InChI is InChI=1S/C11H21F3N2O/c1-17-8-2-5-15-6-7-16(10-3-4-10)9-11(12,13)14/h10,15H,2-9H2,1H3. The highest BCUT2D eigenvalue weighted by Gasteiger charge is 2.37. The van der Waals surface area contributed by atoms with Gasteiger partial charge in [0.2, 0.25) is 0 Å². The van der Waals surface area contributed by atoms with E-state index in [4.69, 9.17) is 4.74 Å². The van der Waals surface area contributed by atoms with Gasteiger partial charge >= 0.3 is 6.18 Å². The van der Waals surface area contributed by atoms with Gasteiger partial charge in [0.15, 0.2) is 0 Å². The molecule has 1 fully saturated rings. The summed E-state index contributed by atoms with van der Waals surface area (Å²) in [5, 5.41) is 3.13. The third-order valence-corrected chi connectivity index (χ3v) is 2.72. The molecular formula is C11H21F3N2O. The Kier molecular flexibility index (Phi) is 6.22. The largest absolute Gasteiger partial charge is 0.401 e. The average Bonchev–Trinajstić information content (AvgIpc) is 3.03. The number of hydrogen-bond donors (Lipinski definition) is 1. The van der Waals surface area contributed by atoms with Gasteiger partial charge < -0.3 is 10.1 Å². The molecule has 0 bridgehead atoms. The van der Waals surface area contributed by atoms with Gasteiger partial charge in [-0.1, -0.05) is 0 Å².